The molecule has 0 atom stereocenters. The Morgan fingerprint density at radius 3 is 2.14 bits per heavy atom. The molecular weight excluding hydrogens is 200 g/mol. The lowest BCUT2D eigenvalue weighted by Crippen LogP contribution is -1.77. The van der Waals surface area contributed by atoms with Crippen molar-refractivity contribution in [2.45, 2.75) is 4.90 Å². The molecule has 0 saturated carbocycles. The molecule has 3 nitrogen and oxygen atoms in total. The van der Waals surface area contributed by atoms with E-state index in [2.05, 4.69) is 12.6 Å². The summed E-state index contributed by atoms with van der Waals surface area (Å²) in [7, 11) is 0. The molecule has 14 heavy (non-hydrogen) atoms. The van der Waals surface area contributed by atoms with E-state index in [0.717, 1.165) is 0 Å². The monoisotopic (exact) mass is 208 g/mol. The molecule has 2 aromatic rings. The molecule has 0 saturated heterocycles. The molecule has 2 rings (SSSR count). The van der Waals surface area contributed by atoms with E-state index in [9.17, 15) is 15.3 Å². The molecule has 0 aliphatic carbocycles. The van der Waals surface area contributed by atoms with Crippen LogP contribution in [-0.4, -0.2) is 15.3 Å². The third-order valence-electron chi connectivity index (χ3n) is 2.01. The van der Waals surface area contributed by atoms with E-state index in [1.54, 1.807) is 6.07 Å². The number of aromatic hydroxyl groups is 3. The third kappa shape index (κ3) is 1.33. The van der Waals surface area contributed by atoms with Crippen molar-refractivity contribution in [3.63, 3.8) is 0 Å². The summed E-state index contributed by atoms with van der Waals surface area (Å²) in [6.45, 7) is 0. The number of thiol groups is 1. The summed E-state index contributed by atoms with van der Waals surface area (Å²) >= 11 is 4.09. The van der Waals surface area contributed by atoms with E-state index in [0.29, 0.717) is 15.7 Å². The molecule has 0 unspecified atom stereocenters. The van der Waals surface area contributed by atoms with E-state index >= 15 is 0 Å². The zero-order valence-corrected chi connectivity index (χ0v) is 7.99. The number of phenols is 3. The van der Waals surface area contributed by atoms with Crippen LogP contribution in [0, 0.1) is 0 Å². The van der Waals surface area contributed by atoms with Crippen molar-refractivity contribution in [3.05, 3.63) is 24.3 Å². The van der Waals surface area contributed by atoms with Crippen molar-refractivity contribution < 1.29 is 15.3 Å². The molecule has 72 valence electrons. The standard InChI is InChI=1S/C10H8O3S/c11-8-3-6(14)1-5-2-9(12)10(13)4-7(5)8/h1-4,11-14H. The molecule has 2 aromatic carbocycles. The van der Waals surface area contributed by atoms with Crippen molar-refractivity contribution in [2.75, 3.05) is 0 Å². The van der Waals surface area contributed by atoms with Crippen LogP contribution in [0.5, 0.6) is 17.2 Å². The van der Waals surface area contributed by atoms with Gasteiger partial charge in [-0.3, -0.25) is 0 Å². The van der Waals surface area contributed by atoms with Crippen molar-refractivity contribution in [1.29, 1.82) is 0 Å². The first kappa shape index (κ1) is 9.02. The predicted octanol–water partition coefficient (Wildman–Crippen LogP) is 2.25. The van der Waals surface area contributed by atoms with Crippen LogP contribution >= 0.6 is 12.6 Å². The number of phenolic OH excluding ortho intramolecular Hbond substituents is 3. The lowest BCUT2D eigenvalue weighted by Gasteiger charge is -2.04. The molecule has 0 aromatic heterocycles. The summed E-state index contributed by atoms with van der Waals surface area (Å²) in [6, 6.07) is 5.86. The van der Waals surface area contributed by atoms with Crippen LogP contribution in [0.1, 0.15) is 0 Å². The van der Waals surface area contributed by atoms with Crippen molar-refractivity contribution >= 4 is 23.4 Å². The fraction of sp³-hybridized carbons (Fsp3) is 0. The van der Waals surface area contributed by atoms with E-state index < -0.39 is 0 Å². The zero-order chi connectivity index (χ0) is 10.3. The van der Waals surface area contributed by atoms with Gasteiger partial charge in [-0.1, -0.05) is 0 Å². The van der Waals surface area contributed by atoms with Gasteiger partial charge in [0.1, 0.15) is 5.75 Å². The molecule has 0 spiro atoms. The zero-order valence-electron chi connectivity index (χ0n) is 7.10. The SMILES string of the molecule is Oc1cc2cc(S)cc(O)c2cc1O. The Bertz CT molecular complexity index is 508. The minimum Gasteiger partial charge on any atom is -0.507 e. The summed E-state index contributed by atoms with van der Waals surface area (Å²) in [5, 5.41) is 29.1. The quantitative estimate of drug-likeness (QED) is 0.396. The van der Waals surface area contributed by atoms with Gasteiger partial charge in [-0.2, -0.15) is 0 Å². The Hall–Kier alpha value is -1.55. The molecule has 0 aliphatic heterocycles. The second-order valence-corrected chi connectivity index (χ2v) is 3.54. The van der Waals surface area contributed by atoms with Crippen LogP contribution in [-0.2, 0) is 0 Å². The van der Waals surface area contributed by atoms with E-state index in [1.165, 1.54) is 18.2 Å². The van der Waals surface area contributed by atoms with Gasteiger partial charge in [0.2, 0.25) is 0 Å². The van der Waals surface area contributed by atoms with Crippen LogP contribution in [0.4, 0.5) is 0 Å². The second kappa shape index (κ2) is 2.99. The topological polar surface area (TPSA) is 60.7 Å². The number of fused-ring (bicyclic) bond motifs is 1. The van der Waals surface area contributed by atoms with Gasteiger partial charge in [0.15, 0.2) is 11.5 Å². The Labute approximate surface area is 85.7 Å². The van der Waals surface area contributed by atoms with Crippen molar-refractivity contribution in [1.82, 2.24) is 0 Å². The maximum atomic E-state index is 9.53. The van der Waals surface area contributed by atoms with Gasteiger partial charge >= 0.3 is 0 Å². The third-order valence-corrected chi connectivity index (χ3v) is 2.27. The lowest BCUT2D eigenvalue weighted by atomic mass is 10.1. The highest BCUT2D eigenvalue weighted by molar-refractivity contribution is 7.80. The van der Waals surface area contributed by atoms with Gasteiger partial charge in [-0.15, -0.1) is 12.6 Å². The van der Waals surface area contributed by atoms with Crippen LogP contribution in [0.3, 0.4) is 0 Å². The number of rotatable bonds is 0. The normalized spacial score (nSPS) is 10.6. The van der Waals surface area contributed by atoms with E-state index in [4.69, 9.17) is 0 Å². The summed E-state index contributed by atoms with van der Waals surface area (Å²) < 4.78 is 0. The van der Waals surface area contributed by atoms with Crippen LogP contribution < -0.4 is 0 Å². The molecule has 0 fully saturated rings. The smallest absolute Gasteiger partial charge is 0.158 e. The first-order valence-electron chi connectivity index (χ1n) is 3.95. The van der Waals surface area contributed by atoms with Gasteiger partial charge in [-0.25, -0.2) is 0 Å². The fourth-order valence-electron chi connectivity index (χ4n) is 1.35. The molecule has 0 bridgehead atoms. The number of hydrogen-bond donors (Lipinski definition) is 4. The maximum absolute atomic E-state index is 9.53. The summed E-state index contributed by atoms with van der Waals surface area (Å²) in [5.41, 5.74) is 0. The van der Waals surface area contributed by atoms with Gasteiger partial charge in [0.05, 0.1) is 0 Å². The largest absolute Gasteiger partial charge is 0.507 e. The highest BCUT2D eigenvalue weighted by atomic mass is 32.1. The summed E-state index contributed by atoms with van der Waals surface area (Å²) in [4.78, 5) is 0.597. The summed E-state index contributed by atoms with van der Waals surface area (Å²) in [5.74, 6) is -0.432. The predicted molar refractivity (Wildman–Crippen MR) is 56.2 cm³/mol. The first-order valence-corrected chi connectivity index (χ1v) is 4.40. The van der Waals surface area contributed by atoms with Gasteiger partial charge in [0.25, 0.3) is 0 Å². The van der Waals surface area contributed by atoms with Crippen molar-refractivity contribution in [3.8, 4) is 17.2 Å². The molecule has 3 N–H and O–H groups in total. The van der Waals surface area contributed by atoms with Crippen molar-refractivity contribution in [2.24, 2.45) is 0 Å². The Morgan fingerprint density at radius 1 is 0.786 bits per heavy atom. The fourth-order valence-corrected chi connectivity index (χ4v) is 1.61. The van der Waals surface area contributed by atoms with Gasteiger partial charge < -0.3 is 15.3 Å². The second-order valence-electron chi connectivity index (χ2n) is 3.03. The highest BCUT2D eigenvalue weighted by Gasteiger charge is 2.06. The average molecular weight is 208 g/mol. The molecule has 0 amide bonds. The van der Waals surface area contributed by atoms with Crippen LogP contribution in [0.2, 0.25) is 0 Å². The molecule has 0 aliphatic rings. The minimum atomic E-state index is -0.250. The molecule has 4 heteroatoms. The number of benzene rings is 2. The maximum Gasteiger partial charge on any atom is 0.158 e. The van der Waals surface area contributed by atoms with E-state index in [1.807, 2.05) is 0 Å². The van der Waals surface area contributed by atoms with E-state index in [-0.39, 0.29) is 17.2 Å². The lowest BCUT2D eigenvalue weighted by molar-refractivity contribution is 0.404. The molecule has 0 heterocycles. The minimum absolute atomic E-state index is 0.0304. The van der Waals surface area contributed by atoms with Gasteiger partial charge in [-0.05, 0) is 29.7 Å². The van der Waals surface area contributed by atoms with Crippen LogP contribution in [0.15, 0.2) is 29.2 Å². The van der Waals surface area contributed by atoms with Gasteiger partial charge in [0, 0.05) is 10.3 Å². The Balaban J connectivity index is 2.89. The Morgan fingerprint density at radius 2 is 1.43 bits per heavy atom. The summed E-state index contributed by atoms with van der Waals surface area (Å²) in [6.07, 6.45) is 0. The molecule has 0 radical (unpaired) electrons. The molecular formula is C10H8O3S. The number of hydrogen-bond acceptors (Lipinski definition) is 4. The average Bonchev–Trinajstić information content (AvgIpc) is 2.08. The highest BCUT2D eigenvalue weighted by Crippen LogP contribution is 2.35. The van der Waals surface area contributed by atoms with Crippen LogP contribution in [0.25, 0.3) is 10.8 Å². The Kier molecular flexibility index (Phi) is 1.93. The first-order chi connectivity index (χ1) is 6.58.